The van der Waals surface area contributed by atoms with E-state index in [9.17, 15) is 0 Å². The van der Waals surface area contributed by atoms with Crippen molar-refractivity contribution < 1.29 is 22.0 Å². The Hall–Kier alpha value is 0.210. The molecule has 0 aromatic heterocycles. The molecule has 0 heterocycles. The summed E-state index contributed by atoms with van der Waals surface area (Å²) in [5.74, 6) is 0. The maximum atomic E-state index is 5.32. The molecule has 0 aromatic rings. The third-order valence-electron chi connectivity index (χ3n) is 5.43. The molecule has 0 aromatic carbocycles. The molecule has 26 heavy (non-hydrogen) atoms. The van der Waals surface area contributed by atoms with Crippen molar-refractivity contribution >= 4 is 0 Å². The summed E-state index contributed by atoms with van der Waals surface area (Å²) in [5, 5.41) is 0. The number of nitrogens with one attached hydrogen (secondary N) is 1. The van der Waals surface area contributed by atoms with E-state index < -0.39 is 0 Å². The fraction of sp³-hybridized carbons (Fsp3) is 1.00. The Balaban J connectivity index is 0. The SMILES string of the molecule is CCCCCCCCCC[NH+](CCCCCCCCCC)CCOC.[Cl-]. The second-order valence-electron chi connectivity index (χ2n) is 7.94. The monoisotopic (exact) mass is 391 g/mol. The van der Waals surface area contributed by atoms with Crippen LogP contribution in [0, 0.1) is 0 Å². The summed E-state index contributed by atoms with van der Waals surface area (Å²) in [6, 6.07) is 0. The molecule has 0 saturated carbocycles. The summed E-state index contributed by atoms with van der Waals surface area (Å²) >= 11 is 0. The van der Waals surface area contributed by atoms with Crippen molar-refractivity contribution in [3.05, 3.63) is 0 Å². The van der Waals surface area contributed by atoms with Gasteiger partial charge in [-0.15, -0.1) is 0 Å². The third-order valence-corrected chi connectivity index (χ3v) is 5.43. The number of hydrogen-bond donors (Lipinski definition) is 1. The minimum absolute atomic E-state index is 0. The molecule has 2 nitrogen and oxygen atoms in total. The van der Waals surface area contributed by atoms with E-state index in [1.54, 1.807) is 4.90 Å². The van der Waals surface area contributed by atoms with Crippen LogP contribution < -0.4 is 17.3 Å². The summed E-state index contributed by atoms with van der Waals surface area (Å²) < 4.78 is 5.32. The average molecular weight is 392 g/mol. The number of methoxy groups -OCH3 is 1. The highest BCUT2D eigenvalue weighted by Gasteiger charge is 2.07. The van der Waals surface area contributed by atoms with Crippen LogP contribution >= 0.6 is 0 Å². The molecule has 3 heteroatoms. The van der Waals surface area contributed by atoms with E-state index in [4.69, 9.17) is 4.74 Å². The minimum Gasteiger partial charge on any atom is -1.00 e. The van der Waals surface area contributed by atoms with Gasteiger partial charge in [-0.2, -0.15) is 0 Å². The van der Waals surface area contributed by atoms with Crippen LogP contribution in [-0.2, 0) is 4.74 Å². The van der Waals surface area contributed by atoms with Crippen molar-refractivity contribution in [1.82, 2.24) is 0 Å². The lowest BCUT2D eigenvalue weighted by molar-refractivity contribution is -0.901. The average Bonchev–Trinajstić information content (AvgIpc) is 2.63. The number of rotatable bonds is 21. The Morgan fingerprint density at radius 1 is 0.500 bits per heavy atom. The van der Waals surface area contributed by atoms with Gasteiger partial charge in [0.05, 0.1) is 19.7 Å². The van der Waals surface area contributed by atoms with Gasteiger partial charge >= 0.3 is 0 Å². The molecule has 0 aliphatic rings. The fourth-order valence-corrected chi connectivity index (χ4v) is 3.64. The zero-order chi connectivity index (χ0) is 18.4. The third kappa shape index (κ3) is 22.3. The first-order valence-electron chi connectivity index (χ1n) is 11.7. The number of halogens is 1. The van der Waals surface area contributed by atoms with E-state index in [1.165, 1.54) is 122 Å². The molecule has 160 valence electrons. The Labute approximate surface area is 172 Å². The van der Waals surface area contributed by atoms with E-state index in [-0.39, 0.29) is 12.4 Å². The van der Waals surface area contributed by atoms with Crippen molar-refractivity contribution in [2.75, 3.05) is 33.4 Å². The Morgan fingerprint density at radius 3 is 1.19 bits per heavy atom. The first-order valence-corrected chi connectivity index (χ1v) is 11.7. The molecule has 0 saturated heterocycles. The smallest absolute Gasteiger partial charge is 0.101 e. The summed E-state index contributed by atoms with van der Waals surface area (Å²) in [7, 11) is 1.84. The normalized spacial score (nSPS) is 11.1. The van der Waals surface area contributed by atoms with E-state index in [1.807, 2.05) is 7.11 Å². The zero-order valence-corrected chi connectivity index (χ0v) is 19.2. The number of hydrogen-bond acceptors (Lipinski definition) is 1. The maximum absolute atomic E-state index is 5.32. The van der Waals surface area contributed by atoms with Gasteiger partial charge in [-0.3, -0.25) is 0 Å². The maximum Gasteiger partial charge on any atom is 0.101 e. The summed E-state index contributed by atoms with van der Waals surface area (Å²) in [5.41, 5.74) is 0. The van der Waals surface area contributed by atoms with Crippen molar-refractivity contribution in [1.29, 1.82) is 0 Å². The van der Waals surface area contributed by atoms with Crippen LogP contribution in [0.4, 0.5) is 0 Å². The van der Waals surface area contributed by atoms with Crippen molar-refractivity contribution in [3.63, 3.8) is 0 Å². The minimum atomic E-state index is 0. The fourth-order valence-electron chi connectivity index (χ4n) is 3.64. The zero-order valence-electron chi connectivity index (χ0n) is 18.4. The molecule has 0 amide bonds. The topological polar surface area (TPSA) is 13.7 Å². The van der Waals surface area contributed by atoms with Gasteiger partial charge in [0.15, 0.2) is 0 Å². The van der Waals surface area contributed by atoms with Crippen molar-refractivity contribution in [2.45, 2.75) is 117 Å². The van der Waals surface area contributed by atoms with Gasteiger partial charge in [0.25, 0.3) is 0 Å². The molecule has 0 aliphatic carbocycles. The van der Waals surface area contributed by atoms with Crippen LogP contribution in [0.15, 0.2) is 0 Å². The molecule has 0 unspecified atom stereocenters. The van der Waals surface area contributed by atoms with E-state index in [2.05, 4.69) is 13.8 Å². The van der Waals surface area contributed by atoms with E-state index in [0.29, 0.717) is 0 Å². The highest BCUT2D eigenvalue weighted by molar-refractivity contribution is 4.47. The van der Waals surface area contributed by atoms with Crippen molar-refractivity contribution in [3.8, 4) is 0 Å². The van der Waals surface area contributed by atoms with Crippen LogP contribution in [0.1, 0.15) is 117 Å². The highest BCUT2D eigenvalue weighted by Crippen LogP contribution is 2.08. The van der Waals surface area contributed by atoms with Crippen molar-refractivity contribution in [2.24, 2.45) is 0 Å². The van der Waals surface area contributed by atoms with Gasteiger partial charge in [0.1, 0.15) is 6.54 Å². The first kappa shape index (κ1) is 28.4. The Morgan fingerprint density at radius 2 is 0.846 bits per heavy atom. The summed E-state index contributed by atoms with van der Waals surface area (Å²) in [6.45, 7) is 9.42. The molecular weight excluding hydrogens is 342 g/mol. The van der Waals surface area contributed by atoms with Gasteiger partial charge in [-0.25, -0.2) is 0 Å². The largest absolute Gasteiger partial charge is 1.00 e. The highest BCUT2D eigenvalue weighted by atomic mass is 35.5. The van der Waals surface area contributed by atoms with Crippen LogP contribution in [0.2, 0.25) is 0 Å². The van der Waals surface area contributed by atoms with E-state index in [0.717, 1.165) is 6.61 Å². The van der Waals surface area contributed by atoms with Crippen LogP contribution in [0.5, 0.6) is 0 Å². The van der Waals surface area contributed by atoms with Gasteiger partial charge in [-0.1, -0.05) is 90.9 Å². The predicted octanol–water partition coefficient (Wildman–Crippen LogP) is 2.80. The molecule has 1 N–H and O–H groups in total. The summed E-state index contributed by atoms with van der Waals surface area (Å²) in [6.07, 6.45) is 22.8. The molecule has 0 aliphatic heterocycles. The Bertz CT molecular complexity index is 218. The second-order valence-corrected chi connectivity index (χ2v) is 7.94. The predicted molar refractivity (Wildman–Crippen MR) is 113 cm³/mol. The standard InChI is InChI=1S/C23H49NO.ClH/c1-4-6-8-10-12-14-16-18-20-24(22-23-25-3)21-19-17-15-13-11-9-7-5-2;/h4-23H2,1-3H3;1H. The van der Waals surface area contributed by atoms with Crippen LogP contribution in [0.3, 0.4) is 0 Å². The second kappa shape index (κ2) is 25.2. The lowest BCUT2D eigenvalue weighted by Crippen LogP contribution is -3.12. The summed E-state index contributed by atoms with van der Waals surface area (Å²) in [4.78, 5) is 1.78. The lowest BCUT2D eigenvalue weighted by atomic mass is 10.1. The van der Waals surface area contributed by atoms with Gasteiger partial charge in [0, 0.05) is 7.11 Å². The number of quaternary nitrogens is 1. The van der Waals surface area contributed by atoms with Gasteiger partial charge in [-0.05, 0) is 25.7 Å². The van der Waals surface area contributed by atoms with Crippen LogP contribution in [0.25, 0.3) is 0 Å². The quantitative estimate of drug-likeness (QED) is 0.297. The Kier molecular flexibility index (Phi) is 27.6. The lowest BCUT2D eigenvalue weighted by Gasteiger charge is -2.19. The number of ether oxygens (including phenoxy) is 1. The molecule has 0 atom stereocenters. The van der Waals surface area contributed by atoms with E-state index >= 15 is 0 Å². The number of unbranched alkanes of at least 4 members (excludes halogenated alkanes) is 14. The molecule has 0 rings (SSSR count). The molecule has 0 fully saturated rings. The first-order chi connectivity index (χ1) is 12.3. The molecular formula is C23H50ClNO. The molecule has 0 spiro atoms. The van der Waals surface area contributed by atoms with Gasteiger partial charge < -0.3 is 22.0 Å². The molecule has 0 bridgehead atoms. The van der Waals surface area contributed by atoms with Gasteiger partial charge in [0.2, 0.25) is 0 Å². The van der Waals surface area contributed by atoms with Crippen LogP contribution in [-0.4, -0.2) is 33.4 Å². The molecule has 0 radical (unpaired) electrons.